The van der Waals surface area contributed by atoms with Crippen LogP contribution in [0.4, 0.5) is 5.69 Å². The van der Waals surface area contributed by atoms with E-state index in [-0.39, 0.29) is 35.1 Å². The van der Waals surface area contributed by atoms with E-state index in [4.69, 9.17) is 37.6 Å². The van der Waals surface area contributed by atoms with Gasteiger partial charge < -0.3 is 36.5 Å². The highest BCUT2D eigenvalue weighted by Crippen LogP contribution is 2.24. The number of carbonyl (C=O) groups is 4. The number of benzene rings is 3. The molecule has 0 heterocycles. The average molecular weight is 569 g/mol. The molecule has 0 fully saturated rings. The van der Waals surface area contributed by atoms with Crippen molar-refractivity contribution < 1.29 is 38.9 Å². The maximum Gasteiger partial charge on any atom is 0.343 e. The number of carbonyl (C=O) groups excluding carboxylic acids is 2. The second kappa shape index (κ2) is 13.6. The number of aliphatic carboxylic acids is 2. The fourth-order valence-electron chi connectivity index (χ4n) is 3.44. The van der Waals surface area contributed by atoms with Gasteiger partial charge in [-0.1, -0.05) is 29.8 Å². The van der Waals surface area contributed by atoms with Crippen LogP contribution in [0.5, 0.6) is 11.5 Å². The standard InChI is InChI=1S/C27H25ClN4O8/c28-21-13-20(40-26(38)16-3-6-18(7-4-16)31-27(29)30)10-5-17(21)12-23(33)32-22(25(36)37)11-15-1-8-19(9-2-15)39-14-24(34)35/h1-10,13,22H,11-12,14H2,(H,32,33)(H,34,35)(H,36,37)(H4,29,30,31)/t22-/m0/s1. The summed E-state index contributed by atoms with van der Waals surface area (Å²) >= 11 is 6.29. The maximum atomic E-state index is 12.6. The number of hydrogen-bond acceptors (Lipinski definition) is 7. The Morgan fingerprint density at radius 3 is 2.15 bits per heavy atom. The number of halogens is 1. The number of hydrogen-bond donors (Lipinski definition) is 5. The van der Waals surface area contributed by atoms with Crippen molar-refractivity contribution >= 4 is 47.1 Å². The Balaban J connectivity index is 1.58. The summed E-state index contributed by atoms with van der Waals surface area (Å²) in [5.74, 6) is -3.25. The van der Waals surface area contributed by atoms with E-state index < -0.39 is 36.5 Å². The molecule has 0 aliphatic heterocycles. The third-order valence-electron chi connectivity index (χ3n) is 5.31. The highest BCUT2D eigenvalue weighted by Gasteiger charge is 2.21. The molecule has 40 heavy (non-hydrogen) atoms. The molecule has 0 bridgehead atoms. The summed E-state index contributed by atoms with van der Waals surface area (Å²) in [6, 6.07) is 15.3. The van der Waals surface area contributed by atoms with E-state index in [2.05, 4.69) is 10.3 Å². The van der Waals surface area contributed by atoms with Crippen LogP contribution in [0, 0.1) is 0 Å². The van der Waals surface area contributed by atoms with Crippen LogP contribution in [0.2, 0.25) is 5.02 Å². The van der Waals surface area contributed by atoms with Gasteiger partial charge in [0.15, 0.2) is 12.6 Å². The quantitative estimate of drug-likeness (QED) is 0.0932. The first-order valence-electron chi connectivity index (χ1n) is 11.7. The van der Waals surface area contributed by atoms with E-state index >= 15 is 0 Å². The molecule has 0 spiro atoms. The second-order valence-electron chi connectivity index (χ2n) is 8.39. The number of esters is 1. The van der Waals surface area contributed by atoms with Crippen LogP contribution in [-0.4, -0.2) is 52.6 Å². The van der Waals surface area contributed by atoms with Crippen LogP contribution >= 0.6 is 11.6 Å². The lowest BCUT2D eigenvalue weighted by molar-refractivity contribution is -0.141. The molecule has 0 aliphatic carbocycles. The molecular formula is C27H25ClN4O8. The van der Waals surface area contributed by atoms with Gasteiger partial charge in [-0.25, -0.2) is 19.4 Å². The van der Waals surface area contributed by atoms with Crippen LogP contribution in [0.3, 0.4) is 0 Å². The van der Waals surface area contributed by atoms with Crippen molar-refractivity contribution in [1.82, 2.24) is 5.32 Å². The zero-order valence-corrected chi connectivity index (χ0v) is 21.6. The van der Waals surface area contributed by atoms with Gasteiger partial charge in [-0.3, -0.25) is 4.79 Å². The van der Waals surface area contributed by atoms with E-state index in [0.717, 1.165) is 0 Å². The SMILES string of the molecule is NC(N)=Nc1ccc(C(=O)Oc2ccc(CC(=O)N[C@@H](Cc3ccc(OCC(=O)O)cc3)C(=O)O)c(Cl)c2)cc1. The number of carboxylic acid groups (broad SMARTS) is 2. The minimum absolute atomic E-state index is 0.0180. The van der Waals surface area contributed by atoms with Gasteiger partial charge in [0.2, 0.25) is 5.91 Å². The van der Waals surface area contributed by atoms with Gasteiger partial charge in [-0.2, -0.15) is 0 Å². The Hall–Kier alpha value is -5.10. The largest absolute Gasteiger partial charge is 0.482 e. The van der Waals surface area contributed by atoms with E-state index in [1.54, 1.807) is 24.3 Å². The summed E-state index contributed by atoms with van der Waals surface area (Å²) in [5, 5.41) is 20.9. The molecule has 208 valence electrons. The number of aliphatic imine (C=N–C) groups is 1. The fourth-order valence-corrected chi connectivity index (χ4v) is 3.68. The molecule has 1 amide bonds. The molecule has 3 rings (SSSR count). The molecule has 0 aliphatic rings. The van der Waals surface area contributed by atoms with Crippen molar-refractivity contribution in [3.05, 3.63) is 88.4 Å². The lowest BCUT2D eigenvalue weighted by atomic mass is 10.0. The lowest BCUT2D eigenvalue weighted by Crippen LogP contribution is -2.43. The number of nitrogens with zero attached hydrogens (tertiary/aromatic N) is 1. The highest BCUT2D eigenvalue weighted by atomic mass is 35.5. The van der Waals surface area contributed by atoms with Crippen molar-refractivity contribution in [2.75, 3.05) is 6.61 Å². The monoisotopic (exact) mass is 568 g/mol. The number of guanidine groups is 1. The molecule has 3 aromatic carbocycles. The first-order chi connectivity index (χ1) is 19.0. The maximum absolute atomic E-state index is 12.6. The normalized spacial score (nSPS) is 11.1. The molecule has 3 aromatic rings. The van der Waals surface area contributed by atoms with Crippen LogP contribution in [0.1, 0.15) is 21.5 Å². The van der Waals surface area contributed by atoms with Crippen molar-refractivity contribution in [2.24, 2.45) is 16.5 Å². The zero-order valence-electron chi connectivity index (χ0n) is 20.9. The van der Waals surface area contributed by atoms with Gasteiger partial charge in [0, 0.05) is 11.4 Å². The number of ether oxygens (including phenoxy) is 2. The molecule has 12 nitrogen and oxygen atoms in total. The topological polar surface area (TPSA) is 204 Å². The summed E-state index contributed by atoms with van der Waals surface area (Å²) in [4.78, 5) is 51.2. The van der Waals surface area contributed by atoms with Crippen molar-refractivity contribution in [1.29, 1.82) is 0 Å². The number of nitrogens with one attached hydrogen (secondary N) is 1. The van der Waals surface area contributed by atoms with Crippen molar-refractivity contribution in [2.45, 2.75) is 18.9 Å². The summed E-state index contributed by atoms with van der Waals surface area (Å²) in [6.45, 7) is -0.505. The van der Waals surface area contributed by atoms with E-state index in [1.165, 1.54) is 42.5 Å². The van der Waals surface area contributed by atoms with Crippen molar-refractivity contribution in [3.63, 3.8) is 0 Å². The highest BCUT2D eigenvalue weighted by molar-refractivity contribution is 6.31. The van der Waals surface area contributed by atoms with E-state index in [1.807, 2.05) is 0 Å². The van der Waals surface area contributed by atoms with Gasteiger partial charge in [0.1, 0.15) is 17.5 Å². The van der Waals surface area contributed by atoms with Gasteiger partial charge in [-0.15, -0.1) is 0 Å². The van der Waals surface area contributed by atoms with E-state index in [0.29, 0.717) is 22.6 Å². The predicted molar refractivity (Wildman–Crippen MR) is 145 cm³/mol. The second-order valence-corrected chi connectivity index (χ2v) is 8.80. The van der Waals surface area contributed by atoms with Crippen molar-refractivity contribution in [3.8, 4) is 11.5 Å². The van der Waals surface area contributed by atoms with Gasteiger partial charge in [0.05, 0.1) is 17.7 Å². The number of nitrogens with two attached hydrogens (primary N) is 2. The van der Waals surface area contributed by atoms with Crippen LogP contribution in [-0.2, 0) is 27.2 Å². The Kier molecular flexibility index (Phi) is 10.0. The summed E-state index contributed by atoms with van der Waals surface area (Å²) in [6.07, 6.45) is -0.235. The summed E-state index contributed by atoms with van der Waals surface area (Å²) in [7, 11) is 0. The summed E-state index contributed by atoms with van der Waals surface area (Å²) < 4.78 is 10.4. The smallest absolute Gasteiger partial charge is 0.343 e. The van der Waals surface area contributed by atoms with Crippen LogP contribution in [0.25, 0.3) is 0 Å². The predicted octanol–water partition coefficient (Wildman–Crippen LogP) is 2.28. The molecule has 13 heteroatoms. The van der Waals surface area contributed by atoms with Gasteiger partial charge >= 0.3 is 17.9 Å². The first-order valence-corrected chi connectivity index (χ1v) is 12.0. The third kappa shape index (κ3) is 9.03. The average Bonchev–Trinajstić information content (AvgIpc) is 2.89. The third-order valence-corrected chi connectivity index (χ3v) is 5.66. The first kappa shape index (κ1) is 29.5. The Morgan fingerprint density at radius 1 is 0.925 bits per heavy atom. The van der Waals surface area contributed by atoms with E-state index in [9.17, 15) is 24.3 Å². The minimum atomic E-state index is -1.24. The van der Waals surface area contributed by atoms with Gasteiger partial charge in [0.25, 0.3) is 0 Å². The summed E-state index contributed by atoms with van der Waals surface area (Å²) in [5.41, 5.74) is 12.3. The Labute approximate surface area is 233 Å². The molecule has 0 radical (unpaired) electrons. The number of carboxylic acids is 2. The van der Waals surface area contributed by atoms with Crippen LogP contribution in [0.15, 0.2) is 71.7 Å². The molecule has 0 aromatic heterocycles. The Bertz CT molecular complexity index is 1420. The minimum Gasteiger partial charge on any atom is -0.482 e. The number of amides is 1. The molecule has 1 atom stereocenters. The number of rotatable bonds is 12. The Morgan fingerprint density at radius 2 is 1.57 bits per heavy atom. The molecule has 7 N–H and O–H groups in total. The molecular weight excluding hydrogens is 544 g/mol. The zero-order chi connectivity index (χ0) is 29.2. The lowest BCUT2D eigenvalue weighted by Gasteiger charge is -2.15. The fraction of sp³-hybridized carbons (Fsp3) is 0.148. The molecule has 0 saturated heterocycles. The molecule has 0 unspecified atom stereocenters. The van der Waals surface area contributed by atoms with Crippen LogP contribution < -0.4 is 26.3 Å². The molecule has 0 saturated carbocycles. The van der Waals surface area contributed by atoms with Gasteiger partial charge in [-0.05, 0) is 59.7 Å².